The van der Waals surface area contributed by atoms with E-state index < -0.39 is 0 Å². The minimum atomic E-state index is -0.212. The molecule has 4 nitrogen and oxygen atoms in total. The second-order valence-electron chi connectivity index (χ2n) is 10.5. The molecule has 0 amide bonds. The number of benzene rings is 1. The fourth-order valence-corrected chi connectivity index (χ4v) is 4.63. The molecule has 0 N–H and O–H groups in total. The van der Waals surface area contributed by atoms with Gasteiger partial charge in [-0.3, -0.25) is 4.79 Å². The van der Waals surface area contributed by atoms with Crippen LogP contribution in [0.1, 0.15) is 159 Å². The van der Waals surface area contributed by atoms with Crippen LogP contribution in [0.2, 0.25) is 0 Å². The van der Waals surface area contributed by atoms with Gasteiger partial charge in [-0.2, -0.15) is 0 Å². The van der Waals surface area contributed by atoms with Crippen molar-refractivity contribution in [1.82, 2.24) is 0 Å². The maximum atomic E-state index is 11.9. The summed E-state index contributed by atoms with van der Waals surface area (Å²) in [5.41, 5.74) is 0.635. The van der Waals surface area contributed by atoms with Gasteiger partial charge in [0.05, 0.1) is 18.8 Å². The van der Waals surface area contributed by atoms with Crippen LogP contribution in [0.25, 0.3) is 0 Å². The largest absolute Gasteiger partial charge is 0.466 e. The number of ether oxygens (including phenoxy) is 2. The SMILES string of the molecule is CCCCCCCCOC(=O)CCCCCCCCCCCCCCCCCOC(=O)c1ccccc1. The predicted molar refractivity (Wildman–Crippen MR) is 155 cm³/mol. The average molecular weight is 517 g/mol. The Morgan fingerprint density at radius 1 is 0.514 bits per heavy atom. The first-order chi connectivity index (χ1) is 18.2. The molecule has 0 radical (unpaired) electrons. The quantitative estimate of drug-likeness (QED) is 0.0908. The monoisotopic (exact) mass is 516 g/mol. The minimum absolute atomic E-state index is 0.00195. The minimum Gasteiger partial charge on any atom is -0.466 e. The van der Waals surface area contributed by atoms with Crippen molar-refractivity contribution < 1.29 is 19.1 Å². The highest BCUT2D eigenvalue weighted by Gasteiger charge is 2.05. The average Bonchev–Trinajstić information content (AvgIpc) is 2.92. The lowest BCUT2D eigenvalue weighted by Gasteiger charge is -2.06. The molecule has 4 heteroatoms. The summed E-state index contributed by atoms with van der Waals surface area (Å²) < 4.78 is 10.7. The lowest BCUT2D eigenvalue weighted by atomic mass is 10.0. The zero-order valence-corrected chi connectivity index (χ0v) is 24.0. The zero-order chi connectivity index (χ0) is 26.7. The van der Waals surface area contributed by atoms with Crippen molar-refractivity contribution in [3.8, 4) is 0 Å². The Balaban J connectivity index is 1.72. The van der Waals surface area contributed by atoms with E-state index in [1.54, 1.807) is 12.1 Å². The maximum absolute atomic E-state index is 11.9. The van der Waals surface area contributed by atoms with Crippen LogP contribution >= 0.6 is 0 Å². The van der Waals surface area contributed by atoms with Crippen molar-refractivity contribution in [2.45, 2.75) is 148 Å². The van der Waals surface area contributed by atoms with Crippen LogP contribution < -0.4 is 0 Å². The van der Waals surface area contributed by atoms with Gasteiger partial charge in [0.25, 0.3) is 0 Å². The van der Waals surface area contributed by atoms with Crippen LogP contribution in [0.3, 0.4) is 0 Å². The van der Waals surface area contributed by atoms with E-state index in [0.717, 1.165) is 32.1 Å². The molecule has 0 aliphatic heterocycles. The highest BCUT2D eigenvalue weighted by molar-refractivity contribution is 5.89. The summed E-state index contributed by atoms with van der Waals surface area (Å²) in [6.45, 7) is 3.37. The smallest absolute Gasteiger partial charge is 0.338 e. The van der Waals surface area contributed by atoms with E-state index in [2.05, 4.69) is 6.92 Å². The molecule has 37 heavy (non-hydrogen) atoms. The lowest BCUT2D eigenvalue weighted by Crippen LogP contribution is -2.06. The fourth-order valence-electron chi connectivity index (χ4n) is 4.63. The molecule has 0 unspecified atom stereocenters. The standard InChI is InChI=1S/C33H56O4/c1-2-3-4-5-18-24-29-36-32(34)28-23-17-15-13-11-9-7-6-8-10-12-14-16-19-25-30-37-33(35)31-26-21-20-22-27-31/h20-22,26-27H,2-19,23-25,28-30H2,1H3. The molecule has 212 valence electrons. The van der Waals surface area contributed by atoms with Gasteiger partial charge in [0.15, 0.2) is 0 Å². The molecule has 0 saturated heterocycles. The van der Waals surface area contributed by atoms with Gasteiger partial charge in [-0.25, -0.2) is 4.79 Å². The van der Waals surface area contributed by atoms with Crippen LogP contribution in [0.5, 0.6) is 0 Å². The van der Waals surface area contributed by atoms with Gasteiger partial charge in [0, 0.05) is 6.42 Å². The lowest BCUT2D eigenvalue weighted by molar-refractivity contribution is -0.143. The number of carbonyl (C=O) groups is 2. The summed E-state index contributed by atoms with van der Waals surface area (Å²) in [6.07, 6.45) is 26.7. The Bertz CT molecular complexity index is 643. The highest BCUT2D eigenvalue weighted by Crippen LogP contribution is 2.14. The first-order valence-corrected chi connectivity index (χ1v) is 15.6. The molecule has 0 aromatic heterocycles. The molecular formula is C33H56O4. The summed E-state index contributed by atoms with van der Waals surface area (Å²) in [5, 5.41) is 0. The van der Waals surface area contributed by atoms with Gasteiger partial charge in [-0.15, -0.1) is 0 Å². The van der Waals surface area contributed by atoms with Gasteiger partial charge in [0.2, 0.25) is 0 Å². The van der Waals surface area contributed by atoms with Crippen LogP contribution in [0, 0.1) is 0 Å². The third-order valence-electron chi connectivity index (χ3n) is 7.03. The van der Waals surface area contributed by atoms with Crippen molar-refractivity contribution in [2.24, 2.45) is 0 Å². The van der Waals surface area contributed by atoms with E-state index in [9.17, 15) is 9.59 Å². The van der Waals surface area contributed by atoms with Gasteiger partial charge < -0.3 is 9.47 Å². The Morgan fingerprint density at radius 2 is 0.919 bits per heavy atom. The molecule has 0 bridgehead atoms. The number of unbranched alkanes of at least 4 members (excludes halogenated alkanes) is 19. The molecule has 0 fully saturated rings. The van der Waals surface area contributed by atoms with Crippen molar-refractivity contribution in [3.63, 3.8) is 0 Å². The zero-order valence-electron chi connectivity index (χ0n) is 24.0. The van der Waals surface area contributed by atoms with Crippen LogP contribution in [0.4, 0.5) is 0 Å². The normalized spacial score (nSPS) is 10.9. The third kappa shape index (κ3) is 21.9. The first-order valence-electron chi connectivity index (χ1n) is 15.6. The van der Waals surface area contributed by atoms with Crippen LogP contribution in [0.15, 0.2) is 30.3 Å². The van der Waals surface area contributed by atoms with E-state index in [0.29, 0.717) is 25.2 Å². The maximum Gasteiger partial charge on any atom is 0.338 e. The second-order valence-corrected chi connectivity index (χ2v) is 10.5. The van der Waals surface area contributed by atoms with E-state index in [1.807, 2.05) is 18.2 Å². The summed E-state index contributed by atoms with van der Waals surface area (Å²) in [6, 6.07) is 9.21. The molecule has 0 heterocycles. The molecule has 1 aromatic rings. The molecule has 0 spiro atoms. The number of hydrogen-bond acceptors (Lipinski definition) is 4. The molecule has 1 rings (SSSR count). The van der Waals surface area contributed by atoms with E-state index in [-0.39, 0.29) is 11.9 Å². The second kappa shape index (κ2) is 25.8. The number of esters is 2. The molecule has 0 atom stereocenters. The van der Waals surface area contributed by atoms with Crippen LogP contribution in [-0.4, -0.2) is 25.2 Å². The van der Waals surface area contributed by atoms with Crippen molar-refractivity contribution in [2.75, 3.05) is 13.2 Å². The van der Waals surface area contributed by atoms with Gasteiger partial charge in [0.1, 0.15) is 0 Å². The molecular weight excluding hydrogens is 460 g/mol. The third-order valence-corrected chi connectivity index (χ3v) is 7.03. The summed E-state index contributed by atoms with van der Waals surface area (Å²) >= 11 is 0. The van der Waals surface area contributed by atoms with E-state index in [1.165, 1.54) is 103 Å². The highest BCUT2D eigenvalue weighted by atomic mass is 16.5. The van der Waals surface area contributed by atoms with Crippen molar-refractivity contribution >= 4 is 11.9 Å². The Kier molecular flexibility index (Phi) is 23.1. The summed E-state index contributed by atoms with van der Waals surface area (Å²) in [4.78, 5) is 23.6. The van der Waals surface area contributed by atoms with E-state index >= 15 is 0 Å². The molecule has 1 aromatic carbocycles. The Labute approximate surface area is 228 Å². The van der Waals surface area contributed by atoms with Crippen molar-refractivity contribution in [3.05, 3.63) is 35.9 Å². The Morgan fingerprint density at radius 3 is 1.41 bits per heavy atom. The Hall–Kier alpha value is -1.84. The van der Waals surface area contributed by atoms with Crippen LogP contribution in [-0.2, 0) is 14.3 Å². The number of hydrogen-bond donors (Lipinski definition) is 0. The summed E-state index contributed by atoms with van der Waals surface area (Å²) in [5.74, 6) is -0.213. The predicted octanol–water partition coefficient (Wildman–Crippen LogP) is 9.99. The number of carbonyl (C=O) groups excluding carboxylic acids is 2. The number of rotatable bonds is 26. The topological polar surface area (TPSA) is 52.6 Å². The van der Waals surface area contributed by atoms with Crippen molar-refractivity contribution in [1.29, 1.82) is 0 Å². The molecule has 0 aliphatic carbocycles. The molecule has 0 aliphatic rings. The van der Waals surface area contributed by atoms with Gasteiger partial charge in [-0.1, -0.05) is 141 Å². The van der Waals surface area contributed by atoms with Gasteiger partial charge >= 0.3 is 11.9 Å². The molecule has 0 saturated carbocycles. The fraction of sp³-hybridized carbons (Fsp3) is 0.758. The first kappa shape index (κ1) is 33.2. The summed E-state index contributed by atoms with van der Waals surface area (Å²) in [7, 11) is 0. The van der Waals surface area contributed by atoms with Gasteiger partial charge in [-0.05, 0) is 31.4 Å². The van der Waals surface area contributed by atoms with E-state index in [4.69, 9.17) is 9.47 Å².